The molecular formula is C16H23N3. The number of fused-ring (bicyclic) bond motifs is 1. The second-order valence-electron chi connectivity index (χ2n) is 5.97. The molecule has 0 atom stereocenters. The number of hydrogen-bond donors (Lipinski definition) is 0. The van der Waals surface area contributed by atoms with E-state index in [4.69, 9.17) is 4.98 Å². The highest BCUT2D eigenvalue weighted by Gasteiger charge is 2.21. The largest absolute Gasteiger partial charge is 0.370 e. The number of hydrogen-bond acceptors (Lipinski definition) is 2. The summed E-state index contributed by atoms with van der Waals surface area (Å²) in [7, 11) is 0. The van der Waals surface area contributed by atoms with Gasteiger partial charge in [-0.05, 0) is 57.7 Å². The van der Waals surface area contributed by atoms with Crippen LogP contribution < -0.4 is 4.90 Å². The first-order valence-electron chi connectivity index (χ1n) is 7.31. The highest BCUT2D eigenvalue weighted by molar-refractivity contribution is 5.92. The molecule has 0 spiro atoms. The van der Waals surface area contributed by atoms with Crippen molar-refractivity contribution in [2.75, 3.05) is 18.0 Å². The van der Waals surface area contributed by atoms with Gasteiger partial charge in [-0.2, -0.15) is 0 Å². The second-order valence-corrected chi connectivity index (χ2v) is 5.97. The maximum atomic E-state index is 4.71. The van der Waals surface area contributed by atoms with E-state index in [1.54, 1.807) is 0 Å². The van der Waals surface area contributed by atoms with E-state index in [1.165, 1.54) is 53.8 Å². The molecule has 1 saturated heterocycles. The lowest BCUT2D eigenvalue weighted by Crippen LogP contribution is -2.19. The highest BCUT2D eigenvalue weighted by atomic mass is 15.2. The average Bonchev–Trinajstić information content (AvgIpc) is 2.99. The third kappa shape index (κ3) is 1.92. The number of aryl methyl sites for hydroxylation is 1. The van der Waals surface area contributed by atoms with E-state index in [-0.39, 0.29) is 0 Å². The zero-order valence-corrected chi connectivity index (χ0v) is 12.4. The molecule has 3 nitrogen and oxygen atoms in total. The van der Waals surface area contributed by atoms with Crippen LogP contribution in [0.15, 0.2) is 12.4 Å². The molecular weight excluding hydrogens is 234 g/mol. The van der Waals surface area contributed by atoms with Crippen LogP contribution in [0.25, 0.3) is 11.0 Å². The molecule has 1 aliphatic heterocycles. The SMILES string of the molecule is Cc1cc2c(ncn2C(C)C)c(N2CCCC2)c1C. The van der Waals surface area contributed by atoms with Gasteiger partial charge in [0.2, 0.25) is 0 Å². The predicted octanol–water partition coefficient (Wildman–Crippen LogP) is 3.83. The molecule has 1 fully saturated rings. The summed E-state index contributed by atoms with van der Waals surface area (Å²) >= 11 is 0. The molecule has 0 bridgehead atoms. The quantitative estimate of drug-likeness (QED) is 0.815. The zero-order valence-electron chi connectivity index (χ0n) is 12.4. The Morgan fingerprint density at radius 2 is 1.84 bits per heavy atom. The maximum Gasteiger partial charge on any atom is 0.112 e. The van der Waals surface area contributed by atoms with Crippen LogP contribution in [0, 0.1) is 13.8 Å². The van der Waals surface area contributed by atoms with Crippen molar-refractivity contribution in [3.05, 3.63) is 23.5 Å². The Labute approximate surface area is 115 Å². The molecule has 3 rings (SSSR count). The molecule has 0 N–H and O–H groups in total. The third-order valence-electron chi connectivity index (χ3n) is 4.33. The zero-order chi connectivity index (χ0) is 13.6. The van der Waals surface area contributed by atoms with Crippen molar-refractivity contribution >= 4 is 16.7 Å². The summed E-state index contributed by atoms with van der Waals surface area (Å²) in [5.41, 5.74) is 6.59. The molecule has 0 unspecified atom stereocenters. The molecule has 0 saturated carbocycles. The van der Waals surface area contributed by atoms with Gasteiger partial charge in [0.25, 0.3) is 0 Å². The second kappa shape index (κ2) is 4.55. The van der Waals surface area contributed by atoms with Crippen LogP contribution in [0.4, 0.5) is 5.69 Å². The molecule has 102 valence electrons. The van der Waals surface area contributed by atoms with Crippen LogP contribution in [0.5, 0.6) is 0 Å². The summed E-state index contributed by atoms with van der Waals surface area (Å²) in [6.45, 7) is 11.2. The van der Waals surface area contributed by atoms with Gasteiger partial charge in [0.05, 0.1) is 17.5 Å². The lowest BCUT2D eigenvalue weighted by Gasteiger charge is -2.22. The van der Waals surface area contributed by atoms with Crippen molar-refractivity contribution in [3.63, 3.8) is 0 Å². The Kier molecular flexibility index (Phi) is 3.00. The van der Waals surface area contributed by atoms with Gasteiger partial charge in [0.15, 0.2) is 0 Å². The van der Waals surface area contributed by atoms with Gasteiger partial charge in [-0.25, -0.2) is 4.98 Å². The molecule has 1 aliphatic rings. The number of imidazole rings is 1. The molecule has 0 amide bonds. The average molecular weight is 257 g/mol. The third-order valence-corrected chi connectivity index (χ3v) is 4.33. The summed E-state index contributed by atoms with van der Waals surface area (Å²) in [5.74, 6) is 0. The Morgan fingerprint density at radius 1 is 1.16 bits per heavy atom. The molecule has 3 heteroatoms. The van der Waals surface area contributed by atoms with Crippen LogP contribution in [0.1, 0.15) is 43.9 Å². The minimum Gasteiger partial charge on any atom is -0.370 e. The molecule has 0 radical (unpaired) electrons. The van der Waals surface area contributed by atoms with E-state index in [0.29, 0.717) is 6.04 Å². The van der Waals surface area contributed by atoms with Gasteiger partial charge in [0.1, 0.15) is 5.52 Å². The van der Waals surface area contributed by atoms with Crippen molar-refractivity contribution in [1.82, 2.24) is 9.55 Å². The highest BCUT2D eigenvalue weighted by Crippen LogP contribution is 2.34. The Hall–Kier alpha value is -1.51. The summed E-state index contributed by atoms with van der Waals surface area (Å²) < 4.78 is 2.28. The first-order valence-corrected chi connectivity index (χ1v) is 7.31. The van der Waals surface area contributed by atoms with Crippen molar-refractivity contribution in [2.45, 2.75) is 46.6 Å². The monoisotopic (exact) mass is 257 g/mol. The first kappa shape index (κ1) is 12.5. The van der Waals surface area contributed by atoms with Gasteiger partial charge in [0, 0.05) is 19.1 Å². The van der Waals surface area contributed by atoms with E-state index < -0.39 is 0 Å². The predicted molar refractivity (Wildman–Crippen MR) is 81.0 cm³/mol. The number of benzene rings is 1. The molecule has 2 aromatic rings. The van der Waals surface area contributed by atoms with Crippen LogP contribution in [0.3, 0.4) is 0 Å². The van der Waals surface area contributed by atoms with Gasteiger partial charge < -0.3 is 9.47 Å². The summed E-state index contributed by atoms with van der Waals surface area (Å²) in [5, 5.41) is 0. The van der Waals surface area contributed by atoms with E-state index >= 15 is 0 Å². The number of aromatic nitrogens is 2. The molecule has 19 heavy (non-hydrogen) atoms. The Bertz CT molecular complexity index is 604. The number of anilines is 1. The van der Waals surface area contributed by atoms with Crippen LogP contribution in [0.2, 0.25) is 0 Å². The van der Waals surface area contributed by atoms with Crippen LogP contribution in [-0.2, 0) is 0 Å². The lowest BCUT2D eigenvalue weighted by molar-refractivity contribution is 0.617. The van der Waals surface area contributed by atoms with E-state index in [2.05, 4.69) is 43.2 Å². The smallest absolute Gasteiger partial charge is 0.112 e. The fourth-order valence-electron chi connectivity index (χ4n) is 3.11. The normalized spacial score (nSPS) is 15.9. The summed E-state index contributed by atoms with van der Waals surface area (Å²) in [6, 6.07) is 2.75. The van der Waals surface area contributed by atoms with Crippen molar-refractivity contribution in [2.24, 2.45) is 0 Å². The fraction of sp³-hybridized carbons (Fsp3) is 0.562. The van der Waals surface area contributed by atoms with Gasteiger partial charge in [-0.1, -0.05) is 0 Å². The fourth-order valence-corrected chi connectivity index (χ4v) is 3.11. The Balaban J connectivity index is 2.26. The number of nitrogens with zero attached hydrogens (tertiary/aromatic N) is 3. The molecule has 2 heterocycles. The van der Waals surface area contributed by atoms with E-state index in [0.717, 1.165) is 0 Å². The topological polar surface area (TPSA) is 21.1 Å². The van der Waals surface area contributed by atoms with Gasteiger partial charge in [-0.15, -0.1) is 0 Å². The van der Waals surface area contributed by atoms with E-state index in [1.807, 2.05) is 6.33 Å². The van der Waals surface area contributed by atoms with E-state index in [9.17, 15) is 0 Å². The number of rotatable bonds is 2. The van der Waals surface area contributed by atoms with Crippen LogP contribution in [-0.4, -0.2) is 22.6 Å². The summed E-state index contributed by atoms with van der Waals surface area (Å²) in [6.07, 6.45) is 4.60. The van der Waals surface area contributed by atoms with Crippen molar-refractivity contribution in [3.8, 4) is 0 Å². The minimum atomic E-state index is 0.457. The van der Waals surface area contributed by atoms with Crippen molar-refractivity contribution < 1.29 is 0 Å². The van der Waals surface area contributed by atoms with Gasteiger partial charge in [-0.3, -0.25) is 0 Å². The molecule has 1 aromatic carbocycles. The summed E-state index contributed by atoms with van der Waals surface area (Å²) in [4.78, 5) is 7.22. The maximum absolute atomic E-state index is 4.71. The Morgan fingerprint density at radius 3 is 2.47 bits per heavy atom. The lowest BCUT2D eigenvalue weighted by atomic mass is 10.1. The minimum absolute atomic E-state index is 0.457. The standard InChI is InChI=1S/C16H23N3/c1-11(2)19-10-17-15-14(19)9-12(3)13(4)16(15)18-7-5-6-8-18/h9-11H,5-8H2,1-4H3. The van der Waals surface area contributed by atoms with Gasteiger partial charge >= 0.3 is 0 Å². The first-order chi connectivity index (χ1) is 9.09. The van der Waals surface area contributed by atoms with Crippen molar-refractivity contribution in [1.29, 1.82) is 0 Å². The van der Waals surface area contributed by atoms with Crippen LogP contribution >= 0.6 is 0 Å². The molecule has 0 aliphatic carbocycles. The molecule has 1 aromatic heterocycles.